The van der Waals surface area contributed by atoms with Gasteiger partial charge in [-0.05, 0) is 24.0 Å². The van der Waals surface area contributed by atoms with Crippen LogP contribution in [0.3, 0.4) is 0 Å². The van der Waals surface area contributed by atoms with E-state index in [2.05, 4.69) is 4.98 Å². The first-order chi connectivity index (χ1) is 7.93. The zero-order valence-electron chi connectivity index (χ0n) is 9.38. The molecule has 92 valence electrons. The fourth-order valence-corrected chi connectivity index (χ4v) is 2.37. The molecule has 0 spiro atoms. The summed E-state index contributed by atoms with van der Waals surface area (Å²) in [5.41, 5.74) is 0.885. The number of hydrogen-bond acceptors (Lipinski definition) is 2. The molecule has 0 atom stereocenters. The molecule has 0 saturated carbocycles. The van der Waals surface area contributed by atoms with Gasteiger partial charge < -0.3 is 4.57 Å². The Balaban J connectivity index is 2.59. The zero-order chi connectivity index (χ0) is 12.6. The third-order valence-corrected chi connectivity index (χ3v) is 3.29. The topological polar surface area (TPSA) is 17.8 Å². The maximum Gasteiger partial charge on any atom is 0.449 e. The van der Waals surface area contributed by atoms with Crippen molar-refractivity contribution in [1.29, 1.82) is 0 Å². The molecule has 2 nitrogen and oxygen atoms in total. The molecule has 2 aromatic rings. The molecule has 0 aliphatic rings. The number of benzene rings is 1. The lowest BCUT2D eigenvalue weighted by atomic mass is 10.3. The van der Waals surface area contributed by atoms with Crippen molar-refractivity contribution in [2.75, 3.05) is 5.75 Å². The van der Waals surface area contributed by atoms with Gasteiger partial charge in [-0.15, -0.1) is 11.8 Å². The number of rotatable bonds is 2. The molecule has 0 bridgehead atoms. The molecule has 0 radical (unpaired) electrons. The van der Waals surface area contributed by atoms with Crippen molar-refractivity contribution < 1.29 is 13.2 Å². The number of fused-ring (bicyclic) bond motifs is 1. The number of imidazole rings is 1. The molecule has 0 N–H and O–H groups in total. The SMILES string of the molecule is CCSc1ccc2nc(C(F)(F)F)n(C)c2c1. The fourth-order valence-electron chi connectivity index (χ4n) is 1.68. The molecule has 0 saturated heterocycles. The van der Waals surface area contributed by atoms with Gasteiger partial charge >= 0.3 is 6.18 Å². The van der Waals surface area contributed by atoms with Crippen LogP contribution in [0.4, 0.5) is 13.2 Å². The Labute approximate surface area is 101 Å². The first-order valence-electron chi connectivity index (χ1n) is 5.10. The Morgan fingerprint density at radius 2 is 2.06 bits per heavy atom. The predicted molar refractivity (Wildman–Crippen MR) is 62.1 cm³/mol. The minimum Gasteiger partial charge on any atom is -0.323 e. The lowest BCUT2D eigenvalue weighted by Gasteiger charge is -2.05. The second-order valence-electron chi connectivity index (χ2n) is 3.58. The number of alkyl halides is 3. The quantitative estimate of drug-likeness (QED) is 0.766. The van der Waals surface area contributed by atoms with Crippen molar-refractivity contribution in [2.45, 2.75) is 18.0 Å². The van der Waals surface area contributed by atoms with Gasteiger partial charge in [0, 0.05) is 11.9 Å². The highest BCUT2D eigenvalue weighted by atomic mass is 32.2. The standard InChI is InChI=1S/C11H11F3N2S/c1-3-17-7-4-5-8-9(6-7)16(2)10(15-8)11(12,13)14/h4-6H,3H2,1-2H3. The van der Waals surface area contributed by atoms with Crippen molar-refractivity contribution in [2.24, 2.45) is 7.05 Å². The van der Waals surface area contributed by atoms with E-state index in [1.54, 1.807) is 30.0 Å². The average molecular weight is 260 g/mol. The van der Waals surface area contributed by atoms with Crippen molar-refractivity contribution >= 4 is 22.8 Å². The van der Waals surface area contributed by atoms with Crippen LogP contribution < -0.4 is 0 Å². The zero-order valence-corrected chi connectivity index (χ0v) is 10.2. The highest BCUT2D eigenvalue weighted by molar-refractivity contribution is 7.99. The van der Waals surface area contributed by atoms with Gasteiger partial charge in [-0.2, -0.15) is 13.2 Å². The second-order valence-corrected chi connectivity index (χ2v) is 4.91. The highest BCUT2D eigenvalue weighted by Gasteiger charge is 2.36. The van der Waals surface area contributed by atoms with Crippen LogP contribution in [0.2, 0.25) is 0 Å². The van der Waals surface area contributed by atoms with Gasteiger partial charge in [-0.25, -0.2) is 4.98 Å². The van der Waals surface area contributed by atoms with E-state index < -0.39 is 12.0 Å². The van der Waals surface area contributed by atoms with E-state index in [4.69, 9.17) is 0 Å². The number of thioether (sulfide) groups is 1. The van der Waals surface area contributed by atoms with E-state index in [9.17, 15) is 13.2 Å². The average Bonchev–Trinajstić information content (AvgIpc) is 2.56. The van der Waals surface area contributed by atoms with Crippen LogP contribution in [-0.2, 0) is 13.2 Å². The third kappa shape index (κ3) is 2.26. The molecule has 0 amide bonds. The van der Waals surface area contributed by atoms with Crippen molar-refractivity contribution in [3.05, 3.63) is 24.0 Å². The highest BCUT2D eigenvalue weighted by Crippen LogP contribution is 2.32. The molecule has 0 aliphatic heterocycles. The normalized spacial score (nSPS) is 12.3. The van der Waals surface area contributed by atoms with E-state index >= 15 is 0 Å². The van der Waals surface area contributed by atoms with Crippen LogP contribution in [0, 0.1) is 0 Å². The summed E-state index contributed by atoms with van der Waals surface area (Å²) in [6.45, 7) is 2.00. The number of aryl methyl sites for hydroxylation is 1. The van der Waals surface area contributed by atoms with Gasteiger partial charge in [0.1, 0.15) is 0 Å². The number of hydrogen-bond donors (Lipinski definition) is 0. The maximum absolute atomic E-state index is 12.6. The molecule has 0 unspecified atom stereocenters. The summed E-state index contributed by atoms with van der Waals surface area (Å²) in [6, 6.07) is 5.16. The molecule has 1 heterocycles. The predicted octanol–water partition coefficient (Wildman–Crippen LogP) is 3.70. The number of aromatic nitrogens is 2. The van der Waals surface area contributed by atoms with Gasteiger partial charge in [0.05, 0.1) is 11.0 Å². The smallest absolute Gasteiger partial charge is 0.323 e. The molecule has 17 heavy (non-hydrogen) atoms. The van der Waals surface area contributed by atoms with Crippen molar-refractivity contribution in [3.8, 4) is 0 Å². The van der Waals surface area contributed by atoms with Crippen LogP contribution in [-0.4, -0.2) is 15.3 Å². The molecule has 6 heteroatoms. The van der Waals surface area contributed by atoms with Crippen LogP contribution in [0.5, 0.6) is 0 Å². The summed E-state index contributed by atoms with van der Waals surface area (Å²) < 4.78 is 39.0. The molecule has 2 rings (SSSR count). The summed E-state index contributed by atoms with van der Waals surface area (Å²) in [5.74, 6) is 0.0290. The Morgan fingerprint density at radius 3 is 2.65 bits per heavy atom. The lowest BCUT2D eigenvalue weighted by Crippen LogP contribution is -2.12. The van der Waals surface area contributed by atoms with Crippen LogP contribution in [0.15, 0.2) is 23.1 Å². The summed E-state index contributed by atoms with van der Waals surface area (Å²) >= 11 is 1.59. The van der Waals surface area contributed by atoms with E-state index in [1.807, 2.05) is 6.92 Å². The van der Waals surface area contributed by atoms with E-state index in [0.29, 0.717) is 11.0 Å². The molecular weight excluding hydrogens is 249 g/mol. The van der Waals surface area contributed by atoms with E-state index in [-0.39, 0.29) is 0 Å². The Bertz CT molecular complexity index is 545. The third-order valence-electron chi connectivity index (χ3n) is 2.42. The number of halogens is 3. The van der Waals surface area contributed by atoms with Gasteiger partial charge in [0.25, 0.3) is 0 Å². The summed E-state index contributed by atoms with van der Waals surface area (Å²) in [4.78, 5) is 4.57. The van der Waals surface area contributed by atoms with Gasteiger partial charge in [0.15, 0.2) is 0 Å². The molecule has 0 fully saturated rings. The minimum atomic E-state index is -4.41. The Morgan fingerprint density at radius 1 is 1.35 bits per heavy atom. The Hall–Kier alpha value is -1.17. The lowest BCUT2D eigenvalue weighted by molar-refractivity contribution is -0.146. The second kappa shape index (κ2) is 4.25. The maximum atomic E-state index is 12.6. The largest absolute Gasteiger partial charge is 0.449 e. The fraction of sp³-hybridized carbons (Fsp3) is 0.364. The van der Waals surface area contributed by atoms with E-state index in [1.165, 1.54) is 7.05 Å². The van der Waals surface area contributed by atoms with Crippen LogP contribution in [0.25, 0.3) is 11.0 Å². The van der Waals surface area contributed by atoms with Gasteiger partial charge in [-0.3, -0.25) is 0 Å². The summed E-state index contributed by atoms with van der Waals surface area (Å²) in [5, 5.41) is 0. The monoisotopic (exact) mass is 260 g/mol. The van der Waals surface area contributed by atoms with Crippen molar-refractivity contribution in [3.63, 3.8) is 0 Å². The van der Waals surface area contributed by atoms with Crippen molar-refractivity contribution in [1.82, 2.24) is 9.55 Å². The summed E-state index contributed by atoms with van der Waals surface area (Å²) in [7, 11) is 1.39. The summed E-state index contributed by atoms with van der Waals surface area (Å²) in [6.07, 6.45) is -4.41. The van der Waals surface area contributed by atoms with Crippen LogP contribution >= 0.6 is 11.8 Å². The van der Waals surface area contributed by atoms with E-state index in [0.717, 1.165) is 15.2 Å². The molecule has 0 aliphatic carbocycles. The van der Waals surface area contributed by atoms with Crippen LogP contribution in [0.1, 0.15) is 12.7 Å². The molecule has 1 aromatic carbocycles. The van der Waals surface area contributed by atoms with Gasteiger partial charge in [0.2, 0.25) is 5.82 Å². The first kappa shape index (κ1) is 12.3. The molecular formula is C11H11F3N2S. The minimum absolute atomic E-state index is 0.375. The molecule has 1 aromatic heterocycles. The number of nitrogens with zero attached hydrogens (tertiary/aromatic N) is 2. The first-order valence-corrected chi connectivity index (χ1v) is 6.08. The van der Waals surface area contributed by atoms with Gasteiger partial charge in [-0.1, -0.05) is 6.92 Å². The Kier molecular flexibility index (Phi) is 3.07.